The lowest BCUT2D eigenvalue weighted by molar-refractivity contribution is 0.0816. The average Bonchev–Trinajstić information content (AvgIpc) is 3.15. The predicted molar refractivity (Wildman–Crippen MR) is 112 cm³/mol. The second-order valence-corrected chi connectivity index (χ2v) is 7.61. The maximum absolute atomic E-state index is 12.4. The molecule has 2 aromatic heterocycles. The lowest BCUT2D eigenvalue weighted by atomic mass is 10.1. The number of amides is 1. The molecule has 29 heavy (non-hydrogen) atoms. The zero-order valence-electron chi connectivity index (χ0n) is 16.5. The Balaban J connectivity index is 1.30. The van der Waals surface area contributed by atoms with Crippen molar-refractivity contribution in [3.05, 3.63) is 60.0 Å². The number of piperidine rings is 1. The van der Waals surface area contributed by atoms with Gasteiger partial charge in [0.2, 0.25) is 0 Å². The van der Waals surface area contributed by atoms with E-state index in [4.69, 9.17) is 0 Å². The van der Waals surface area contributed by atoms with Crippen molar-refractivity contribution in [2.45, 2.75) is 31.9 Å². The highest BCUT2D eigenvalue weighted by molar-refractivity contribution is 5.96. The first-order chi connectivity index (χ1) is 14.2. The Morgan fingerprint density at radius 1 is 1.17 bits per heavy atom. The molecule has 1 aliphatic rings. The second-order valence-electron chi connectivity index (χ2n) is 7.61. The third-order valence-electron chi connectivity index (χ3n) is 5.41. The van der Waals surface area contributed by atoms with Gasteiger partial charge in [0.1, 0.15) is 5.52 Å². The van der Waals surface area contributed by atoms with Crippen molar-refractivity contribution in [2.75, 3.05) is 26.2 Å². The molecule has 1 fully saturated rings. The topological polar surface area (TPSA) is 83.3 Å². The minimum atomic E-state index is -0.149. The number of likely N-dealkylation sites (tertiary alicyclic amines) is 1. The Kier molecular flexibility index (Phi) is 6.17. The molecule has 2 N–H and O–H groups in total. The maximum Gasteiger partial charge on any atom is 0.252 e. The molecule has 1 aliphatic heterocycles. The number of rotatable bonds is 7. The van der Waals surface area contributed by atoms with Crippen LogP contribution >= 0.6 is 0 Å². The van der Waals surface area contributed by atoms with Crippen LogP contribution in [0.15, 0.2) is 48.9 Å². The molecule has 0 aliphatic carbocycles. The molecule has 0 bridgehead atoms. The molecule has 7 heteroatoms. The van der Waals surface area contributed by atoms with Crippen LogP contribution in [0.1, 0.15) is 35.2 Å². The van der Waals surface area contributed by atoms with Crippen molar-refractivity contribution in [1.29, 1.82) is 0 Å². The van der Waals surface area contributed by atoms with Crippen LogP contribution < -0.4 is 5.32 Å². The molecule has 1 saturated heterocycles. The number of fused-ring (bicyclic) bond motifs is 1. The first-order valence-electron chi connectivity index (χ1n) is 10.2. The van der Waals surface area contributed by atoms with Gasteiger partial charge in [-0.2, -0.15) is 0 Å². The van der Waals surface area contributed by atoms with E-state index in [1.54, 1.807) is 18.6 Å². The number of nitrogens with one attached hydrogen (secondary N) is 1. The summed E-state index contributed by atoms with van der Waals surface area (Å²) >= 11 is 0. The fraction of sp³-hybridized carbons (Fsp3) is 0.409. The molecule has 4 rings (SSSR count). The first-order valence-corrected chi connectivity index (χ1v) is 10.2. The van der Waals surface area contributed by atoms with Gasteiger partial charge in [0.05, 0.1) is 24.5 Å². The highest BCUT2D eigenvalue weighted by Gasteiger charge is 2.16. The fourth-order valence-corrected chi connectivity index (χ4v) is 3.72. The summed E-state index contributed by atoms with van der Waals surface area (Å²) in [4.78, 5) is 23.7. The van der Waals surface area contributed by atoms with Gasteiger partial charge in [0.15, 0.2) is 5.65 Å². The van der Waals surface area contributed by atoms with Crippen LogP contribution in [-0.2, 0) is 6.54 Å². The highest BCUT2D eigenvalue weighted by atomic mass is 16.3. The van der Waals surface area contributed by atoms with E-state index in [0.29, 0.717) is 18.7 Å². The summed E-state index contributed by atoms with van der Waals surface area (Å²) in [7, 11) is 0. The number of benzene rings is 1. The van der Waals surface area contributed by atoms with Gasteiger partial charge in [-0.1, -0.05) is 30.3 Å². The first kappa shape index (κ1) is 19.5. The zero-order valence-corrected chi connectivity index (χ0v) is 16.5. The Labute approximate surface area is 170 Å². The highest BCUT2D eigenvalue weighted by Crippen LogP contribution is 2.14. The van der Waals surface area contributed by atoms with Crippen molar-refractivity contribution < 1.29 is 9.90 Å². The molecule has 7 nitrogen and oxygen atoms in total. The molecule has 0 saturated carbocycles. The van der Waals surface area contributed by atoms with Gasteiger partial charge in [0.25, 0.3) is 5.91 Å². The number of hydrogen-bond donors (Lipinski definition) is 2. The minimum Gasteiger partial charge on any atom is -0.393 e. The molecule has 152 valence electrons. The Bertz CT molecular complexity index is 948. The Morgan fingerprint density at radius 2 is 1.97 bits per heavy atom. The summed E-state index contributed by atoms with van der Waals surface area (Å²) in [5, 5.41) is 12.5. The van der Waals surface area contributed by atoms with Crippen LogP contribution in [0.25, 0.3) is 11.2 Å². The number of nitrogens with zero attached hydrogens (tertiary/aromatic N) is 4. The normalized spacial score (nSPS) is 15.6. The molecule has 1 aromatic carbocycles. The largest absolute Gasteiger partial charge is 0.393 e. The van der Waals surface area contributed by atoms with E-state index in [-0.39, 0.29) is 12.0 Å². The lowest BCUT2D eigenvalue weighted by Gasteiger charge is -2.29. The number of carbonyl (C=O) groups excluding carboxylic acids is 1. The number of carbonyl (C=O) groups is 1. The minimum absolute atomic E-state index is 0.119. The van der Waals surface area contributed by atoms with E-state index in [0.717, 1.165) is 50.1 Å². The van der Waals surface area contributed by atoms with Gasteiger partial charge in [-0.25, -0.2) is 9.97 Å². The van der Waals surface area contributed by atoms with Crippen LogP contribution in [0.5, 0.6) is 0 Å². The monoisotopic (exact) mass is 393 g/mol. The van der Waals surface area contributed by atoms with Crippen molar-refractivity contribution in [3.8, 4) is 0 Å². The molecule has 0 spiro atoms. The van der Waals surface area contributed by atoms with Gasteiger partial charge in [0, 0.05) is 25.8 Å². The number of imidazole rings is 1. The van der Waals surface area contributed by atoms with Gasteiger partial charge >= 0.3 is 0 Å². The van der Waals surface area contributed by atoms with E-state index >= 15 is 0 Å². The van der Waals surface area contributed by atoms with Crippen LogP contribution in [0.2, 0.25) is 0 Å². The smallest absolute Gasteiger partial charge is 0.252 e. The molecule has 0 atom stereocenters. The summed E-state index contributed by atoms with van der Waals surface area (Å²) in [6.07, 6.45) is 5.81. The standard InChI is InChI=1S/C22H27N5O2/c28-19-7-11-26(12-8-19)10-4-9-23-22(29)18-13-20-21(24-14-18)27(16-25-20)15-17-5-2-1-3-6-17/h1-3,5-6,13-14,16,19,28H,4,7-12,15H2,(H,23,29). The molecule has 3 heterocycles. The van der Waals surface area contributed by atoms with Gasteiger partial charge in [-0.3, -0.25) is 4.79 Å². The van der Waals surface area contributed by atoms with Crippen molar-refractivity contribution in [2.24, 2.45) is 0 Å². The van der Waals surface area contributed by atoms with Crippen molar-refractivity contribution >= 4 is 17.1 Å². The summed E-state index contributed by atoms with van der Waals surface area (Å²) in [6.45, 7) is 4.12. The number of hydrogen-bond acceptors (Lipinski definition) is 5. The Hall–Kier alpha value is -2.77. The molecule has 0 unspecified atom stereocenters. The third-order valence-corrected chi connectivity index (χ3v) is 5.41. The number of aliphatic hydroxyl groups excluding tert-OH is 1. The van der Waals surface area contributed by atoms with Crippen LogP contribution in [0, 0.1) is 0 Å². The number of aromatic nitrogens is 3. The quantitative estimate of drug-likeness (QED) is 0.601. The van der Waals surface area contributed by atoms with E-state index in [2.05, 4.69) is 32.3 Å². The van der Waals surface area contributed by atoms with Crippen LogP contribution in [0.4, 0.5) is 0 Å². The lowest BCUT2D eigenvalue weighted by Crippen LogP contribution is -2.37. The third kappa shape index (κ3) is 4.99. The molecule has 1 amide bonds. The van der Waals surface area contributed by atoms with E-state index in [9.17, 15) is 9.90 Å². The summed E-state index contributed by atoms with van der Waals surface area (Å²) < 4.78 is 1.99. The van der Waals surface area contributed by atoms with E-state index < -0.39 is 0 Å². The van der Waals surface area contributed by atoms with Gasteiger partial charge < -0.3 is 19.9 Å². The summed E-state index contributed by atoms with van der Waals surface area (Å²) in [6, 6.07) is 12.0. The average molecular weight is 393 g/mol. The molecule has 3 aromatic rings. The predicted octanol–water partition coefficient (Wildman–Crippen LogP) is 2.06. The summed E-state index contributed by atoms with van der Waals surface area (Å²) in [5.41, 5.74) is 3.21. The second kappa shape index (κ2) is 9.15. The summed E-state index contributed by atoms with van der Waals surface area (Å²) in [5.74, 6) is -0.119. The van der Waals surface area contributed by atoms with Crippen molar-refractivity contribution in [3.63, 3.8) is 0 Å². The van der Waals surface area contributed by atoms with Crippen LogP contribution in [-0.4, -0.2) is 62.7 Å². The van der Waals surface area contributed by atoms with Gasteiger partial charge in [-0.05, 0) is 37.4 Å². The van der Waals surface area contributed by atoms with E-state index in [1.165, 1.54) is 5.56 Å². The SMILES string of the molecule is O=C(NCCCN1CCC(O)CC1)c1cnc2c(c1)ncn2Cc1ccccc1. The number of aliphatic hydroxyl groups is 1. The van der Waals surface area contributed by atoms with Crippen molar-refractivity contribution in [1.82, 2.24) is 24.8 Å². The van der Waals surface area contributed by atoms with Gasteiger partial charge in [-0.15, -0.1) is 0 Å². The van der Waals surface area contributed by atoms with Crippen LogP contribution in [0.3, 0.4) is 0 Å². The number of pyridine rings is 1. The molecular weight excluding hydrogens is 366 g/mol. The maximum atomic E-state index is 12.4. The fourth-order valence-electron chi connectivity index (χ4n) is 3.72. The van der Waals surface area contributed by atoms with E-state index in [1.807, 2.05) is 22.8 Å². The molecular formula is C22H27N5O2. The molecule has 0 radical (unpaired) electrons. The zero-order chi connectivity index (χ0) is 20.1. The Morgan fingerprint density at radius 3 is 2.76 bits per heavy atom.